The van der Waals surface area contributed by atoms with E-state index in [4.69, 9.17) is 0 Å². The zero-order chi connectivity index (χ0) is 10.9. The predicted molar refractivity (Wildman–Crippen MR) is 62.9 cm³/mol. The second-order valence-corrected chi connectivity index (χ2v) is 6.06. The molecule has 15 heavy (non-hydrogen) atoms. The van der Waals surface area contributed by atoms with E-state index in [9.17, 15) is 5.11 Å². The van der Waals surface area contributed by atoms with Crippen molar-refractivity contribution in [3.8, 4) is 0 Å². The number of aliphatic hydroxyl groups is 1. The summed E-state index contributed by atoms with van der Waals surface area (Å²) in [4.78, 5) is 2.61. The van der Waals surface area contributed by atoms with Crippen LogP contribution in [0.4, 0.5) is 0 Å². The Balaban J connectivity index is 1.90. The summed E-state index contributed by atoms with van der Waals surface area (Å²) in [5.41, 5.74) is 0.209. The Morgan fingerprint density at radius 1 is 1.20 bits per heavy atom. The van der Waals surface area contributed by atoms with E-state index in [1.165, 1.54) is 32.2 Å². The number of likely N-dealkylation sites (tertiary alicyclic amines) is 1. The highest BCUT2D eigenvalue weighted by molar-refractivity contribution is 4.90. The quantitative estimate of drug-likeness (QED) is 0.758. The molecular weight excluding hydrogens is 186 g/mol. The van der Waals surface area contributed by atoms with Gasteiger partial charge in [-0.2, -0.15) is 0 Å². The maximum atomic E-state index is 9.70. The zero-order valence-electron chi connectivity index (χ0n) is 10.2. The number of piperidine rings is 1. The summed E-state index contributed by atoms with van der Waals surface area (Å²) in [7, 11) is 0. The average Bonchev–Trinajstić information content (AvgIpc) is 2.61. The van der Waals surface area contributed by atoms with Crippen LogP contribution in [-0.2, 0) is 0 Å². The second kappa shape index (κ2) is 4.42. The van der Waals surface area contributed by atoms with E-state index in [2.05, 4.69) is 18.7 Å². The summed E-state index contributed by atoms with van der Waals surface area (Å²) in [6, 6.07) is 0. The molecule has 2 heteroatoms. The normalized spacial score (nSPS) is 33.4. The van der Waals surface area contributed by atoms with Gasteiger partial charge in [0.2, 0.25) is 0 Å². The van der Waals surface area contributed by atoms with Crippen molar-refractivity contribution in [1.29, 1.82) is 0 Å². The van der Waals surface area contributed by atoms with Crippen LogP contribution in [0, 0.1) is 5.92 Å². The van der Waals surface area contributed by atoms with Crippen LogP contribution in [0.5, 0.6) is 0 Å². The maximum absolute atomic E-state index is 9.70. The van der Waals surface area contributed by atoms with E-state index in [-0.39, 0.29) is 11.6 Å². The van der Waals surface area contributed by atoms with E-state index in [1.807, 2.05) is 0 Å². The van der Waals surface area contributed by atoms with Crippen LogP contribution in [0.1, 0.15) is 52.4 Å². The van der Waals surface area contributed by atoms with Crippen molar-refractivity contribution in [1.82, 2.24) is 4.90 Å². The summed E-state index contributed by atoms with van der Waals surface area (Å²) in [6.45, 7) is 6.92. The molecule has 2 fully saturated rings. The Labute approximate surface area is 93.7 Å². The first kappa shape index (κ1) is 11.4. The number of rotatable bonds is 2. The van der Waals surface area contributed by atoms with E-state index in [0.717, 1.165) is 25.3 Å². The molecule has 0 amide bonds. The van der Waals surface area contributed by atoms with Crippen molar-refractivity contribution in [2.75, 3.05) is 13.1 Å². The summed E-state index contributed by atoms with van der Waals surface area (Å²) in [6.07, 6.45) is 7.56. The molecule has 1 heterocycles. The zero-order valence-corrected chi connectivity index (χ0v) is 10.2. The third-order valence-corrected chi connectivity index (χ3v) is 4.28. The first-order valence-electron chi connectivity index (χ1n) is 6.51. The fourth-order valence-corrected chi connectivity index (χ4v) is 3.26. The van der Waals surface area contributed by atoms with Gasteiger partial charge in [0, 0.05) is 18.6 Å². The van der Waals surface area contributed by atoms with Crippen LogP contribution in [0.25, 0.3) is 0 Å². The molecule has 0 bridgehead atoms. The standard InChI is InChI=1S/C13H25NO/c1-13(2)9-12(15)7-8-14(13)10-11-5-3-4-6-11/h11-12,15H,3-10H2,1-2H3. The Morgan fingerprint density at radius 3 is 2.47 bits per heavy atom. The van der Waals surface area contributed by atoms with Crippen molar-refractivity contribution >= 4 is 0 Å². The first-order valence-corrected chi connectivity index (χ1v) is 6.51. The lowest BCUT2D eigenvalue weighted by Gasteiger charge is -2.45. The molecule has 1 aliphatic heterocycles. The average molecular weight is 211 g/mol. The smallest absolute Gasteiger partial charge is 0.0569 e. The molecule has 2 aliphatic rings. The number of hydrogen-bond acceptors (Lipinski definition) is 2. The molecule has 0 spiro atoms. The van der Waals surface area contributed by atoms with Crippen molar-refractivity contribution in [3.63, 3.8) is 0 Å². The lowest BCUT2D eigenvalue weighted by atomic mass is 9.87. The van der Waals surface area contributed by atoms with Crippen molar-refractivity contribution in [2.24, 2.45) is 5.92 Å². The molecule has 1 saturated heterocycles. The minimum atomic E-state index is -0.0696. The molecular formula is C13H25NO. The van der Waals surface area contributed by atoms with Crippen LogP contribution in [-0.4, -0.2) is 34.7 Å². The summed E-state index contributed by atoms with van der Waals surface area (Å²) in [5, 5.41) is 9.70. The molecule has 2 rings (SSSR count). The van der Waals surface area contributed by atoms with Crippen LogP contribution in [0.2, 0.25) is 0 Å². The highest BCUT2D eigenvalue weighted by Gasteiger charge is 2.35. The molecule has 1 N–H and O–H groups in total. The van der Waals surface area contributed by atoms with Gasteiger partial charge in [-0.05, 0) is 45.4 Å². The Morgan fingerprint density at radius 2 is 1.87 bits per heavy atom. The lowest BCUT2D eigenvalue weighted by molar-refractivity contribution is -0.00999. The SMILES string of the molecule is CC1(C)CC(O)CCN1CC1CCCC1. The topological polar surface area (TPSA) is 23.5 Å². The number of aliphatic hydroxyl groups excluding tert-OH is 1. The van der Waals surface area contributed by atoms with E-state index in [0.29, 0.717) is 0 Å². The molecule has 1 unspecified atom stereocenters. The van der Waals surface area contributed by atoms with Crippen LogP contribution < -0.4 is 0 Å². The summed E-state index contributed by atoms with van der Waals surface area (Å²) >= 11 is 0. The van der Waals surface area contributed by atoms with E-state index < -0.39 is 0 Å². The Hall–Kier alpha value is -0.0800. The highest BCUT2D eigenvalue weighted by atomic mass is 16.3. The predicted octanol–water partition coefficient (Wildman–Crippen LogP) is 2.41. The van der Waals surface area contributed by atoms with Gasteiger partial charge in [-0.3, -0.25) is 4.90 Å². The van der Waals surface area contributed by atoms with Crippen LogP contribution >= 0.6 is 0 Å². The minimum absolute atomic E-state index is 0.0696. The molecule has 0 aromatic rings. The summed E-state index contributed by atoms with van der Waals surface area (Å²) in [5.74, 6) is 0.930. The van der Waals surface area contributed by atoms with Gasteiger partial charge in [0.05, 0.1) is 6.10 Å². The third-order valence-electron chi connectivity index (χ3n) is 4.28. The molecule has 1 atom stereocenters. The van der Waals surface area contributed by atoms with Gasteiger partial charge < -0.3 is 5.11 Å². The van der Waals surface area contributed by atoms with Crippen LogP contribution in [0.15, 0.2) is 0 Å². The van der Waals surface area contributed by atoms with E-state index in [1.54, 1.807) is 0 Å². The largest absolute Gasteiger partial charge is 0.393 e. The second-order valence-electron chi connectivity index (χ2n) is 6.06. The van der Waals surface area contributed by atoms with Gasteiger partial charge in [0.15, 0.2) is 0 Å². The van der Waals surface area contributed by atoms with E-state index >= 15 is 0 Å². The maximum Gasteiger partial charge on any atom is 0.0569 e. The highest BCUT2D eigenvalue weighted by Crippen LogP contribution is 2.32. The molecule has 0 aromatic heterocycles. The summed E-state index contributed by atoms with van der Waals surface area (Å²) < 4.78 is 0. The van der Waals surface area contributed by atoms with Gasteiger partial charge in [-0.1, -0.05) is 12.8 Å². The lowest BCUT2D eigenvalue weighted by Crippen LogP contribution is -2.52. The van der Waals surface area contributed by atoms with Gasteiger partial charge >= 0.3 is 0 Å². The molecule has 88 valence electrons. The van der Waals surface area contributed by atoms with Gasteiger partial charge in [-0.15, -0.1) is 0 Å². The third kappa shape index (κ3) is 2.73. The fourth-order valence-electron chi connectivity index (χ4n) is 3.26. The van der Waals surface area contributed by atoms with Gasteiger partial charge in [-0.25, -0.2) is 0 Å². The molecule has 0 radical (unpaired) electrons. The minimum Gasteiger partial charge on any atom is -0.393 e. The number of hydrogen-bond donors (Lipinski definition) is 1. The van der Waals surface area contributed by atoms with Gasteiger partial charge in [0.1, 0.15) is 0 Å². The molecule has 1 saturated carbocycles. The van der Waals surface area contributed by atoms with Gasteiger partial charge in [0.25, 0.3) is 0 Å². The molecule has 1 aliphatic carbocycles. The van der Waals surface area contributed by atoms with Crippen LogP contribution in [0.3, 0.4) is 0 Å². The van der Waals surface area contributed by atoms with Crippen molar-refractivity contribution in [3.05, 3.63) is 0 Å². The van der Waals surface area contributed by atoms with Crippen molar-refractivity contribution < 1.29 is 5.11 Å². The Kier molecular flexibility index (Phi) is 3.36. The van der Waals surface area contributed by atoms with Crippen molar-refractivity contribution in [2.45, 2.75) is 64.0 Å². The fraction of sp³-hybridized carbons (Fsp3) is 1.00. The monoisotopic (exact) mass is 211 g/mol. The molecule has 0 aromatic carbocycles. The first-order chi connectivity index (χ1) is 7.08. The number of nitrogens with zero attached hydrogens (tertiary/aromatic N) is 1. The Bertz CT molecular complexity index is 209. The molecule has 2 nitrogen and oxygen atoms in total.